The van der Waals surface area contributed by atoms with Crippen molar-refractivity contribution in [3.63, 3.8) is 0 Å². The highest BCUT2D eigenvalue weighted by molar-refractivity contribution is 6.03. The molecular weight excluding hydrogens is 496 g/mol. The van der Waals surface area contributed by atoms with Crippen LogP contribution in [-0.2, 0) is 14.4 Å². The standard InChI is InChI=1S/C27H30N2O9/c1-2-5-14(26(36)28-9-8-22(32)33)10-17(24(34)15-11-20(30)25(35)21(31)12-15)23(27(37)38)18-13-29-19-7-4-3-6-16(18)19/h3-4,6-7,11-14,17,23,29-31,35H,2,5,8-10H2,1H3,(H,28,36)(H,32,33)(H,37,38). The van der Waals surface area contributed by atoms with Gasteiger partial charge in [-0.3, -0.25) is 19.2 Å². The second-order valence-electron chi connectivity index (χ2n) is 9.10. The molecule has 3 atom stereocenters. The third kappa shape index (κ3) is 6.23. The topological polar surface area (TPSA) is 197 Å². The highest BCUT2D eigenvalue weighted by Crippen LogP contribution is 2.40. The van der Waals surface area contributed by atoms with Crippen LogP contribution >= 0.6 is 0 Å². The van der Waals surface area contributed by atoms with E-state index in [1.165, 1.54) is 6.20 Å². The molecule has 0 fully saturated rings. The van der Waals surface area contributed by atoms with Crippen LogP contribution in [0.3, 0.4) is 0 Å². The van der Waals surface area contributed by atoms with Gasteiger partial charge in [0.05, 0.1) is 12.3 Å². The lowest BCUT2D eigenvalue weighted by Gasteiger charge is -2.27. The summed E-state index contributed by atoms with van der Waals surface area (Å²) in [7, 11) is 0. The van der Waals surface area contributed by atoms with Crippen LogP contribution in [0.2, 0.25) is 0 Å². The van der Waals surface area contributed by atoms with Gasteiger partial charge in [0, 0.05) is 41.0 Å². The first-order chi connectivity index (χ1) is 18.0. The Hall–Kier alpha value is -4.54. The Morgan fingerprint density at radius 1 is 1.00 bits per heavy atom. The molecule has 11 heteroatoms. The van der Waals surface area contributed by atoms with Crippen molar-refractivity contribution in [1.29, 1.82) is 0 Å². The van der Waals surface area contributed by atoms with Gasteiger partial charge in [-0.2, -0.15) is 0 Å². The van der Waals surface area contributed by atoms with Crippen molar-refractivity contribution < 1.29 is 44.7 Å². The molecule has 38 heavy (non-hydrogen) atoms. The van der Waals surface area contributed by atoms with Crippen LogP contribution in [-0.4, -0.2) is 60.7 Å². The molecule has 11 nitrogen and oxygen atoms in total. The molecule has 0 saturated heterocycles. The van der Waals surface area contributed by atoms with Crippen molar-refractivity contribution in [2.75, 3.05) is 6.54 Å². The lowest BCUT2D eigenvalue weighted by molar-refractivity contribution is -0.140. The lowest BCUT2D eigenvalue weighted by Crippen LogP contribution is -2.37. The number of aromatic nitrogens is 1. The summed E-state index contributed by atoms with van der Waals surface area (Å²) in [5.41, 5.74) is 0.729. The van der Waals surface area contributed by atoms with Gasteiger partial charge in [-0.25, -0.2) is 0 Å². The molecule has 7 N–H and O–H groups in total. The summed E-state index contributed by atoms with van der Waals surface area (Å²) in [5, 5.41) is 52.0. The molecule has 2 aromatic carbocycles. The maximum atomic E-state index is 13.8. The summed E-state index contributed by atoms with van der Waals surface area (Å²) in [5.74, 6) is -9.59. The van der Waals surface area contributed by atoms with E-state index in [1.54, 1.807) is 24.3 Å². The number of H-pyrrole nitrogens is 1. The lowest BCUT2D eigenvalue weighted by atomic mass is 9.75. The average Bonchev–Trinajstić information content (AvgIpc) is 3.28. The Morgan fingerprint density at radius 2 is 1.66 bits per heavy atom. The number of para-hydroxylation sites is 1. The number of hydrogen-bond donors (Lipinski definition) is 7. The van der Waals surface area contributed by atoms with Gasteiger partial charge in [-0.1, -0.05) is 31.5 Å². The third-order valence-electron chi connectivity index (χ3n) is 6.50. The van der Waals surface area contributed by atoms with Crippen LogP contribution in [0.4, 0.5) is 0 Å². The Labute approximate surface area is 217 Å². The Morgan fingerprint density at radius 3 is 2.26 bits per heavy atom. The van der Waals surface area contributed by atoms with Crippen LogP contribution in [0.5, 0.6) is 17.2 Å². The number of carboxylic acids is 2. The van der Waals surface area contributed by atoms with Crippen molar-refractivity contribution in [3.05, 3.63) is 53.7 Å². The molecule has 0 saturated carbocycles. The minimum absolute atomic E-state index is 0.127. The van der Waals surface area contributed by atoms with E-state index in [2.05, 4.69) is 10.3 Å². The second-order valence-corrected chi connectivity index (χ2v) is 9.10. The number of carbonyl (C=O) groups excluding carboxylic acids is 2. The van der Waals surface area contributed by atoms with Crippen LogP contribution < -0.4 is 5.32 Å². The van der Waals surface area contributed by atoms with Crippen LogP contribution in [0.25, 0.3) is 10.9 Å². The number of aliphatic carboxylic acids is 2. The molecule has 3 aromatic rings. The smallest absolute Gasteiger partial charge is 0.311 e. The Bertz CT molecular complexity index is 1320. The quantitative estimate of drug-likeness (QED) is 0.129. The van der Waals surface area contributed by atoms with Gasteiger partial charge >= 0.3 is 11.9 Å². The maximum absolute atomic E-state index is 13.8. The molecule has 1 aromatic heterocycles. The zero-order valence-electron chi connectivity index (χ0n) is 20.7. The van der Waals surface area contributed by atoms with E-state index in [-0.39, 0.29) is 24.9 Å². The first-order valence-electron chi connectivity index (χ1n) is 12.1. The fraction of sp³-hybridized carbons (Fsp3) is 0.333. The largest absolute Gasteiger partial charge is 0.504 e. The van der Waals surface area contributed by atoms with Gasteiger partial charge in [0.15, 0.2) is 23.0 Å². The molecule has 0 aliphatic heterocycles. The molecule has 0 aliphatic carbocycles. The number of ketones is 1. The minimum atomic E-state index is -1.41. The first kappa shape index (κ1) is 28.0. The molecule has 0 aliphatic rings. The number of carboxylic acid groups (broad SMARTS) is 2. The molecule has 202 valence electrons. The highest BCUT2D eigenvalue weighted by Gasteiger charge is 2.40. The Kier molecular flexibility index (Phi) is 8.95. The van der Waals surface area contributed by atoms with Gasteiger partial charge in [0.25, 0.3) is 0 Å². The number of aromatic amines is 1. The van der Waals surface area contributed by atoms with Gasteiger partial charge in [-0.05, 0) is 36.6 Å². The van der Waals surface area contributed by atoms with Crippen molar-refractivity contribution in [2.24, 2.45) is 11.8 Å². The summed E-state index contributed by atoms with van der Waals surface area (Å²) in [6.45, 7) is 1.69. The number of phenols is 3. The predicted octanol–water partition coefficient (Wildman–Crippen LogP) is 3.35. The van der Waals surface area contributed by atoms with Crippen LogP contribution in [0.15, 0.2) is 42.6 Å². The number of hydrogen-bond acceptors (Lipinski definition) is 7. The number of carbonyl (C=O) groups is 4. The van der Waals surface area contributed by atoms with E-state index in [0.717, 1.165) is 12.1 Å². The molecule has 3 rings (SSSR count). The van der Waals surface area contributed by atoms with Crippen molar-refractivity contribution in [3.8, 4) is 17.2 Å². The molecule has 3 unspecified atom stereocenters. The van der Waals surface area contributed by atoms with Crippen LogP contribution in [0.1, 0.15) is 54.4 Å². The van der Waals surface area contributed by atoms with Gasteiger partial charge in [0.2, 0.25) is 5.91 Å². The van der Waals surface area contributed by atoms with Crippen molar-refractivity contribution in [2.45, 2.75) is 38.5 Å². The summed E-state index contributed by atoms with van der Waals surface area (Å²) in [6.07, 6.45) is 1.83. The summed E-state index contributed by atoms with van der Waals surface area (Å²) in [6, 6.07) is 8.81. The number of aromatic hydroxyl groups is 3. The van der Waals surface area contributed by atoms with Gasteiger partial charge < -0.3 is 35.8 Å². The average molecular weight is 527 g/mol. The number of rotatable bonds is 13. The number of benzene rings is 2. The summed E-state index contributed by atoms with van der Waals surface area (Å²) in [4.78, 5) is 53.3. The normalized spacial score (nSPS) is 13.5. The van der Waals surface area contributed by atoms with Crippen molar-refractivity contribution in [1.82, 2.24) is 10.3 Å². The SMILES string of the molecule is CCCC(CC(C(=O)c1cc(O)c(O)c(O)c1)C(C(=O)O)c1c[nH]c2ccccc12)C(=O)NCCC(=O)O. The molecule has 0 bridgehead atoms. The number of fused-ring (bicyclic) bond motifs is 1. The maximum Gasteiger partial charge on any atom is 0.311 e. The monoisotopic (exact) mass is 526 g/mol. The third-order valence-corrected chi connectivity index (χ3v) is 6.50. The number of phenolic OH excluding ortho intramolecular Hbond substituents is 3. The summed E-state index contributed by atoms with van der Waals surface area (Å²) < 4.78 is 0. The highest BCUT2D eigenvalue weighted by atomic mass is 16.4. The number of nitrogens with one attached hydrogen (secondary N) is 2. The van der Waals surface area contributed by atoms with E-state index in [4.69, 9.17) is 5.11 Å². The molecule has 0 spiro atoms. The van der Waals surface area contributed by atoms with Gasteiger partial charge in [-0.15, -0.1) is 0 Å². The van der Waals surface area contributed by atoms with E-state index in [0.29, 0.717) is 29.3 Å². The zero-order chi connectivity index (χ0) is 28.0. The van der Waals surface area contributed by atoms with E-state index in [1.807, 2.05) is 6.92 Å². The molecule has 1 heterocycles. The van der Waals surface area contributed by atoms with E-state index in [9.17, 15) is 39.6 Å². The molecule has 0 radical (unpaired) electrons. The Balaban J connectivity index is 2.09. The predicted molar refractivity (Wildman–Crippen MR) is 136 cm³/mol. The number of amides is 1. The second kappa shape index (κ2) is 12.1. The van der Waals surface area contributed by atoms with Crippen LogP contribution in [0, 0.1) is 11.8 Å². The fourth-order valence-electron chi connectivity index (χ4n) is 4.68. The minimum Gasteiger partial charge on any atom is -0.504 e. The van der Waals surface area contributed by atoms with Crippen molar-refractivity contribution >= 4 is 34.5 Å². The number of Topliss-reactive ketones (excluding diaryl/α,β-unsaturated/α-hetero) is 1. The zero-order valence-corrected chi connectivity index (χ0v) is 20.7. The fourth-order valence-corrected chi connectivity index (χ4v) is 4.68. The van der Waals surface area contributed by atoms with Gasteiger partial charge in [0.1, 0.15) is 0 Å². The molecular formula is C27H30N2O9. The van der Waals surface area contributed by atoms with E-state index >= 15 is 0 Å². The first-order valence-corrected chi connectivity index (χ1v) is 12.1. The molecule has 1 amide bonds. The summed E-state index contributed by atoms with van der Waals surface area (Å²) >= 11 is 0. The van der Waals surface area contributed by atoms with E-state index < -0.39 is 58.6 Å².